The molecule has 0 aromatic heterocycles. The van der Waals surface area contributed by atoms with Crippen LogP contribution in [0, 0.1) is 0 Å². The average Bonchev–Trinajstić information content (AvgIpc) is 2.79. The first kappa shape index (κ1) is 20.3. The quantitative estimate of drug-likeness (QED) is 0.198. The van der Waals surface area contributed by atoms with Gasteiger partial charge in [0.15, 0.2) is 0 Å². The van der Waals surface area contributed by atoms with Gasteiger partial charge < -0.3 is 4.74 Å². The predicted octanol–water partition coefficient (Wildman–Crippen LogP) is 5.48. The number of hydrogen-bond donors (Lipinski definition) is 1. The zero-order valence-electron chi connectivity index (χ0n) is 16.3. The highest BCUT2D eigenvalue weighted by atomic mass is 35.5. The minimum Gasteiger partial charge on any atom is -0.423 e. The van der Waals surface area contributed by atoms with Crippen molar-refractivity contribution in [1.29, 1.82) is 0 Å². The summed E-state index contributed by atoms with van der Waals surface area (Å²) in [6, 6.07) is 26.6. The van der Waals surface area contributed by atoms with Gasteiger partial charge in [-0.05, 0) is 64.9 Å². The third-order valence-corrected chi connectivity index (χ3v) is 4.80. The SMILES string of the molecule is O=C(N/N=C\c1ccc(OC(=O)c2cccc3ccccc23)cc1)c1cccc(Cl)c1. The number of hydrogen-bond acceptors (Lipinski definition) is 4. The molecule has 4 aromatic carbocycles. The molecule has 4 aromatic rings. The van der Waals surface area contributed by atoms with Gasteiger partial charge in [0.25, 0.3) is 5.91 Å². The maximum atomic E-state index is 12.6. The minimum absolute atomic E-state index is 0.362. The standard InChI is InChI=1S/C25H17ClN2O3/c26-20-8-3-7-19(15-20)24(29)28-27-16-17-11-13-21(14-12-17)31-25(30)23-10-4-6-18-5-1-2-9-22(18)23/h1-16H,(H,28,29)/b27-16-. The summed E-state index contributed by atoms with van der Waals surface area (Å²) in [5.74, 6) is -0.371. The third kappa shape index (κ3) is 4.97. The van der Waals surface area contributed by atoms with E-state index in [9.17, 15) is 9.59 Å². The Morgan fingerprint density at radius 1 is 0.871 bits per heavy atom. The van der Waals surface area contributed by atoms with Gasteiger partial charge in [0, 0.05) is 10.6 Å². The number of carbonyl (C=O) groups excluding carboxylic acids is 2. The molecule has 0 aliphatic carbocycles. The van der Waals surface area contributed by atoms with Crippen LogP contribution in [0.2, 0.25) is 5.02 Å². The fourth-order valence-corrected chi connectivity index (χ4v) is 3.24. The van der Waals surface area contributed by atoms with Crippen molar-refractivity contribution in [3.63, 3.8) is 0 Å². The average molecular weight is 429 g/mol. The Morgan fingerprint density at radius 2 is 1.61 bits per heavy atom. The molecule has 0 saturated heterocycles. The summed E-state index contributed by atoms with van der Waals surface area (Å²) in [5.41, 5.74) is 4.10. The zero-order valence-corrected chi connectivity index (χ0v) is 17.0. The zero-order chi connectivity index (χ0) is 21.6. The van der Waals surface area contributed by atoms with Crippen LogP contribution in [0.15, 0.2) is 96.1 Å². The predicted molar refractivity (Wildman–Crippen MR) is 122 cm³/mol. The third-order valence-electron chi connectivity index (χ3n) is 4.57. The van der Waals surface area contributed by atoms with E-state index in [-0.39, 0.29) is 5.91 Å². The molecule has 0 unspecified atom stereocenters. The molecule has 4 rings (SSSR count). The van der Waals surface area contributed by atoms with Gasteiger partial charge in [-0.2, -0.15) is 5.10 Å². The van der Waals surface area contributed by atoms with Crippen LogP contribution in [0.4, 0.5) is 0 Å². The molecule has 0 bridgehead atoms. The van der Waals surface area contributed by atoms with Gasteiger partial charge in [0.1, 0.15) is 5.75 Å². The van der Waals surface area contributed by atoms with Crippen molar-refractivity contribution in [3.8, 4) is 5.75 Å². The molecule has 0 fully saturated rings. The maximum Gasteiger partial charge on any atom is 0.344 e. The van der Waals surface area contributed by atoms with Crippen molar-refractivity contribution in [2.45, 2.75) is 0 Å². The van der Waals surface area contributed by atoms with E-state index in [1.54, 1.807) is 54.6 Å². The molecule has 31 heavy (non-hydrogen) atoms. The lowest BCUT2D eigenvalue weighted by Crippen LogP contribution is -2.17. The van der Waals surface area contributed by atoms with E-state index in [0.29, 0.717) is 21.9 Å². The summed E-state index contributed by atoms with van der Waals surface area (Å²) in [6.07, 6.45) is 1.50. The summed E-state index contributed by atoms with van der Waals surface area (Å²) in [6.45, 7) is 0. The summed E-state index contributed by atoms with van der Waals surface area (Å²) < 4.78 is 5.51. The number of nitrogens with zero attached hydrogens (tertiary/aromatic N) is 1. The molecule has 0 aliphatic heterocycles. The first-order chi connectivity index (χ1) is 15.1. The van der Waals surface area contributed by atoms with Gasteiger partial charge in [0.05, 0.1) is 11.8 Å². The summed E-state index contributed by atoms with van der Waals surface area (Å²) in [5, 5.41) is 6.24. The van der Waals surface area contributed by atoms with Gasteiger partial charge in [-0.3, -0.25) is 4.79 Å². The molecule has 5 nitrogen and oxygen atoms in total. The molecule has 0 radical (unpaired) electrons. The van der Waals surface area contributed by atoms with Gasteiger partial charge in [-0.15, -0.1) is 0 Å². The molecule has 0 spiro atoms. The van der Waals surface area contributed by atoms with Gasteiger partial charge in [-0.1, -0.05) is 54.1 Å². The number of ether oxygens (including phenoxy) is 1. The van der Waals surface area contributed by atoms with Crippen LogP contribution in [0.3, 0.4) is 0 Å². The first-order valence-corrected chi connectivity index (χ1v) is 9.87. The number of hydrazone groups is 1. The van der Waals surface area contributed by atoms with Crippen LogP contribution < -0.4 is 10.2 Å². The number of benzene rings is 4. The van der Waals surface area contributed by atoms with Crippen molar-refractivity contribution in [3.05, 3.63) is 113 Å². The van der Waals surface area contributed by atoms with Crippen molar-refractivity contribution < 1.29 is 14.3 Å². The van der Waals surface area contributed by atoms with Gasteiger partial charge in [-0.25, -0.2) is 10.2 Å². The van der Waals surface area contributed by atoms with E-state index >= 15 is 0 Å². The number of halogens is 1. The highest BCUT2D eigenvalue weighted by Gasteiger charge is 2.12. The Kier molecular flexibility index (Phi) is 6.05. The Balaban J connectivity index is 1.39. The van der Waals surface area contributed by atoms with E-state index in [0.717, 1.165) is 16.3 Å². The normalized spacial score (nSPS) is 10.9. The van der Waals surface area contributed by atoms with E-state index in [4.69, 9.17) is 16.3 Å². The van der Waals surface area contributed by atoms with Crippen molar-refractivity contribution in [2.75, 3.05) is 0 Å². The lowest BCUT2D eigenvalue weighted by Gasteiger charge is -2.07. The number of rotatable bonds is 5. The van der Waals surface area contributed by atoms with Crippen LogP contribution in [-0.2, 0) is 0 Å². The second-order valence-corrected chi connectivity index (χ2v) is 7.13. The number of carbonyl (C=O) groups is 2. The molecule has 0 heterocycles. The Hall–Kier alpha value is -3.96. The van der Waals surface area contributed by atoms with Gasteiger partial charge in [0.2, 0.25) is 0 Å². The fourth-order valence-electron chi connectivity index (χ4n) is 3.05. The molecule has 1 amide bonds. The largest absolute Gasteiger partial charge is 0.423 e. The molecule has 6 heteroatoms. The van der Waals surface area contributed by atoms with E-state index in [2.05, 4.69) is 10.5 Å². The Morgan fingerprint density at radius 3 is 2.42 bits per heavy atom. The number of fused-ring (bicyclic) bond motifs is 1. The van der Waals surface area contributed by atoms with E-state index in [1.165, 1.54) is 6.21 Å². The number of esters is 1. The molecule has 0 aliphatic rings. The topological polar surface area (TPSA) is 67.8 Å². The summed E-state index contributed by atoms with van der Waals surface area (Å²) in [4.78, 5) is 24.7. The summed E-state index contributed by atoms with van der Waals surface area (Å²) >= 11 is 5.88. The molecule has 0 atom stereocenters. The molecular weight excluding hydrogens is 412 g/mol. The van der Waals surface area contributed by atoms with Gasteiger partial charge >= 0.3 is 5.97 Å². The second-order valence-electron chi connectivity index (χ2n) is 6.69. The van der Waals surface area contributed by atoms with Crippen molar-refractivity contribution >= 4 is 40.5 Å². The Labute approximate surface area is 183 Å². The van der Waals surface area contributed by atoms with Crippen molar-refractivity contribution in [1.82, 2.24) is 5.43 Å². The van der Waals surface area contributed by atoms with Crippen LogP contribution in [-0.4, -0.2) is 18.1 Å². The second kappa shape index (κ2) is 9.24. The fraction of sp³-hybridized carbons (Fsp3) is 0. The lowest BCUT2D eigenvalue weighted by atomic mass is 10.0. The van der Waals surface area contributed by atoms with Crippen LogP contribution in [0.1, 0.15) is 26.3 Å². The molecule has 152 valence electrons. The molecule has 0 saturated carbocycles. The Bertz CT molecular complexity index is 1280. The van der Waals surface area contributed by atoms with Crippen LogP contribution in [0.25, 0.3) is 10.8 Å². The summed E-state index contributed by atoms with van der Waals surface area (Å²) in [7, 11) is 0. The minimum atomic E-state index is -0.424. The number of nitrogens with one attached hydrogen (secondary N) is 1. The van der Waals surface area contributed by atoms with E-state index < -0.39 is 5.97 Å². The highest BCUT2D eigenvalue weighted by molar-refractivity contribution is 6.31. The lowest BCUT2D eigenvalue weighted by molar-refractivity contribution is 0.0736. The monoisotopic (exact) mass is 428 g/mol. The van der Waals surface area contributed by atoms with Crippen LogP contribution >= 0.6 is 11.6 Å². The molecule has 1 N–H and O–H groups in total. The highest BCUT2D eigenvalue weighted by Crippen LogP contribution is 2.21. The van der Waals surface area contributed by atoms with E-state index in [1.807, 2.05) is 36.4 Å². The first-order valence-electron chi connectivity index (χ1n) is 9.49. The number of amides is 1. The molecular formula is C25H17ClN2O3. The van der Waals surface area contributed by atoms with Crippen LogP contribution in [0.5, 0.6) is 5.75 Å². The maximum absolute atomic E-state index is 12.6. The smallest absolute Gasteiger partial charge is 0.344 e. The van der Waals surface area contributed by atoms with Crippen molar-refractivity contribution in [2.24, 2.45) is 5.10 Å².